The summed E-state index contributed by atoms with van der Waals surface area (Å²) in [6, 6.07) is 9.85. The number of anilines is 1. The van der Waals surface area contributed by atoms with E-state index in [0.29, 0.717) is 5.75 Å². The Bertz CT molecular complexity index is 818. The summed E-state index contributed by atoms with van der Waals surface area (Å²) in [5.74, 6) is -0.826. The van der Waals surface area contributed by atoms with Crippen molar-refractivity contribution < 1.29 is 28.9 Å². The molecule has 0 heterocycles. The molecule has 7 nitrogen and oxygen atoms in total. The van der Waals surface area contributed by atoms with Crippen molar-refractivity contribution in [1.29, 1.82) is 0 Å². The summed E-state index contributed by atoms with van der Waals surface area (Å²) < 4.78 is 15.6. The van der Waals surface area contributed by atoms with Gasteiger partial charge < -0.3 is 24.6 Å². The van der Waals surface area contributed by atoms with Crippen LogP contribution in [0.4, 0.5) is 5.69 Å². The Balaban J connectivity index is 2.35. The van der Waals surface area contributed by atoms with Crippen LogP contribution in [0.2, 0.25) is 0 Å². The van der Waals surface area contributed by atoms with Gasteiger partial charge in [-0.25, -0.2) is 4.79 Å². The zero-order chi connectivity index (χ0) is 19.3. The molecule has 2 rings (SSSR count). The lowest BCUT2D eigenvalue weighted by Crippen LogP contribution is -2.20. The molecule has 0 aliphatic heterocycles. The molecular formula is C19H21NO6. The van der Waals surface area contributed by atoms with Crippen LogP contribution in [0, 0.1) is 0 Å². The van der Waals surface area contributed by atoms with Crippen LogP contribution < -0.4 is 19.5 Å². The minimum Gasteiger partial charge on any atom is -0.497 e. The van der Waals surface area contributed by atoms with Gasteiger partial charge in [-0.1, -0.05) is 12.1 Å². The molecule has 0 saturated heterocycles. The van der Waals surface area contributed by atoms with Crippen molar-refractivity contribution in [2.75, 3.05) is 26.6 Å². The van der Waals surface area contributed by atoms with Gasteiger partial charge in [0.15, 0.2) is 11.5 Å². The van der Waals surface area contributed by atoms with Crippen LogP contribution in [0.15, 0.2) is 36.4 Å². The molecule has 26 heavy (non-hydrogen) atoms. The fourth-order valence-corrected chi connectivity index (χ4v) is 2.48. The van der Waals surface area contributed by atoms with Gasteiger partial charge in [0.1, 0.15) is 5.75 Å². The van der Waals surface area contributed by atoms with Crippen LogP contribution in [0.5, 0.6) is 17.2 Å². The number of nitrogens with one attached hydrogen (secondary N) is 1. The molecule has 0 saturated carbocycles. The molecule has 0 bridgehead atoms. The number of carbonyl (C=O) groups excluding carboxylic acids is 1. The van der Waals surface area contributed by atoms with E-state index >= 15 is 0 Å². The van der Waals surface area contributed by atoms with Crippen LogP contribution in [0.25, 0.3) is 0 Å². The average Bonchev–Trinajstić information content (AvgIpc) is 2.66. The van der Waals surface area contributed by atoms with E-state index < -0.39 is 11.9 Å². The van der Waals surface area contributed by atoms with Gasteiger partial charge >= 0.3 is 5.97 Å². The Labute approximate surface area is 151 Å². The van der Waals surface area contributed by atoms with Gasteiger partial charge in [-0.05, 0) is 36.8 Å². The van der Waals surface area contributed by atoms with E-state index in [9.17, 15) is 14.7 Å². The number of rotatable bonds is 7. The summed E-state index contributed by atoms with van der Waals surface area (Å²) in [5, 5.41) is 12.0. The fraction of sp³-hybridized carbons (Fsp3) is 0.263. The van der Waals surface area contributed by atoms with E-state index in [4.69, 9.17) is 14.2 Å². The summed E-state index contributed by atoms with van der Waals surface area (Å²) in [6.45, 7) is 1.74. The first kappa shape index (κ1) is 19.1. The standard InChI is InChI=1S/C19H21NO6/c1-11(12-6-5-7-14(8-12)24-2)18(21)20-15-9-13(19(22)23)10-16(25-3)17(15)26-4/h5-11H,1-4H3,(H,20,21)(H,22,23). The number of carbonyl (C=O) groups is 2. The van der Waals surface area contributed by atoms with Gasteiger partial charge in [0, 0.05) is 0 Å². The second-order valence-corrected chi connectivity index (χ2v) is 5.55. The minimum absolute atomic E-state index is 0.0213. The van der Waals surface area contributed by atoms with Gasteiger partial charge in [0.25, 0.3) is 0 Å². The highest BCUT2D eigenvalue weighted by Crippen LogP contribution is 2.37. The molecule has 0 aliphatic carbocycles. The molecule has 0 aromatic heterocycles. The molecular weight excluding hydrogens is 338 g/mol. The largest absolute Gasteiger partial charge is 0.497 e. The summed E-state index contributed by atoms with van der Waals surface area (Å²) in [6.07, 6.45) is 0. The quantitative estimate of drug-likeness (QED) is 0.789. The molecule has 2 aromatic carbocycles. The summed E-state index contributed by atoms with van der Waals surface area (Å²) in [7, 11) is 4.37. The highest BCUT2D eigenvalue weighted by molar-refractivity contribution is 5.99. The summed E-state index contributed by atoms with van der Waals surface area (Å²) >= 11 is 0. The second kappa shape index (κ2) is 8.24. The minimum atomic E-state index is -1.14. The monoisotopic (exact) mass is 359 g/mol. The first-order valence-corrected chi connectivity index (χ1v) is 7.85. The summed E-state index contributed by atoms with van der Waals surface area (Å²) in [5.41, 5.74) is 0.971. The molecule has 1 unspecified atom stereocenters. The predicted molar refractivity (Wildman–Crippen MR) is 96.5 cm³/mol. The smallest absolute Gasteiger partial charge is 0.335 e. The Kier molecular flexibility index (Phi) is 6.06. The summed E-state index contributed by atoms with van der Waals surface area (Å²) in [4.78, 5) is 24.0. The number of aromatic carboxylic acids is 1. The van der Waals surface area contributed by atoms with Crippen molar-refractivity contribution in [3.05, 3.63) is 47.5 Å². The van der Waals surface area contributed by atoms with E-state index in [1.165, 1.54) is 26.4 Å². The maximum atomic E-state index is 12.7. The van der Waals surface area contributed by atoms with Gasteiger partial charge in [0.05, 0.1) is 38.5 Å². The number of benzene rings is 2. The number of carboxylic acid groups (broad SMARTS) is 1. The third-order valence-corrected chi connectivity index (χ3v) is 3.97. The van der Waals surface area contributed by atoms with E-state index in [1.54, 1.807) is 32.2 Å². The second-order valence-electron chi connectivity index (χ2n) is 5.55. The molecule has 2 N–H and O–H groups in total. The highest BCUT2D eigenvalue weighted by Gasteiger charge is 2.21. The number of ether oxygens (including phenoxy) is 3. The zero-order valence-corrected chi connectivity index (χ0v) is 15.0. The lowest BCUT2D eigenvalue weighted by molar-refractivity contribution is -0.117. The number of hydrogen-bond donors (Lipinski definition) is 2. The van der Waals surface area contributed by atoms with Crippen molar-refractivity contribution in [2.45, 2.75) is 12.8 Å². The third-order valence-electron chi connectivity index (χ3n) is 3.97. The van der Waals surface area contributed by atoms with Crippen LogP contribution in [0.3, 0.4) is 0 Å². The topological polar surface area (TPSA) is 94.1 Å². The van der Waals surface area contributed by atoms with E-state index in [-0.39, 0.29) is 28.7 Å². The average molecular weight is 359 g/mol. The molecule has 0 aliphatic rings. The van der Waals surface area contributed by atoms with Gasteiger partial charge in [-0.15, -0.1) is 0 Å². The molecule has 0 fully saturated rings. The Morgan fingerprint density at radius 1 is 1.04 bits per heavy atom. The van der Waals surface area contributed by atoms with Crippen molar-refractivity contribution >= 4 is 17.6 Å². The molecule has 0 radical (unpaired) electrons. The SMILES string of the molecule is COc1cccc(C(C)C(=O)Nc2cc(C(=O)O)cc(OC)c2OC)c1. The maximum absolute atomic E-state index is 12.7. The van der Waals surface area contributed by atoms with Crippen molar-refractivity contribution in [1.82, 2.24) is 0 Å². The van der Waals surface area contributed by atoms with Gasteiger partial charge in [0.2, 0.25) is 5.91 Å². The Morgan fingerprint density at radius 2 is 1.77 bits per heavy atom. The van der Waals surface area contributed by atoms with Gasteiger partial charge in [-0.2, -0.15) is 0 Å². The number of carboxylic acids is 1. The fourth-order valence-electron chi connectivity index (χ4n) is 2.48. The molecule has 2 aromatic rings. The van der Waals surface area contributed by atoms with E-state index in [0.717, 1.165) is 5.56 Å². The van der Waals surface area contributed by atoms with Crippen molar-refractivity contribution in [3.63, 3.8) is 0 Å². The maximum Gasteiger partial charge on any atom is 0.335 e. The normalized spacial score (nSPS) is 11.4. The van der Waals surface area contributed by atoms with E-state index in [2.05, 4.69) is 5.32 Å². The van der Waals surface area contributed by atoms with Crippen LogP contribution in [-0.4, -0.2) is 38.3 Å². The predicted octanol–water partition coefficient (Wildman–Crippen LogP) is 3.15. The van der Waals surface area contributed by atoms with Crippen LogP contribution in [-0.2, 0) is 4.79 Å². The van der Waals surface area contributed by atoms with Crippen molar-refractivity contribution in [2.24, 2.45) is 0 Å². The van der Waals surface area contributed by atoms with Gasteiger partial charge in [-0.3, -0.25) is 4.79 Å². The first-order valence-electron chi connectivity index (χ1n) is 7.85. The van der Waals surface area contributed by atoms with E-state index in [1.807, 2.05) is 6.07 Å². The first-order chi connectivity index (χ1) is 12.4. The molecule has 7 heteroatoms. The molecule has 0 spiro atoms. The Hall–Kier alpha value is -3.22. The molecule has 1 amide bonds. The number of amides is 1. The molecule has 138 valence electrons. The number of hydrogen-bond acceptors (Lipinski definition) is 5. The van der Waals surface area contributed by atoms with Crippen molar-refractivity contribution in [3.8, 4) is 17.2 Å². The van der Waals surface area contributed by atoms with Crippen LogP contribution >= 0.6 is 0 Å². The molecule has 1 atom stereocenters. The lowest BCUT2D eigenvalue weighted by Gasteiger charge is -2.17. The zero-order valence-electron chi connectivity index (χ0n) is 15.0. The Morgan fingerprint density at radius 3 is 2.35 bits per heavy atom. The van der Waals surface area contributed by atoms with Crippen LogP contribution in [0.1, 0.15) is 28.8 Å². The number of methoxy groups -OCH3 is 3. The third kappa shape index (κ3) is 4.05. The lowest BCUT2D eigenvalue weighted by atomic mass is 10.00. The highest BCUT2D eigenvalue weighted by atomic mass is 16.5.